The van der Waals surface area contributed by atoms with Crippen molar-refractivity contribution in [2.45, 2.75) is 81.0 Å². The molecule has 2 aromatic rings. The second kappa shape index (κ2) is 9.73. The summed E-state index contributed by atoms with van der Waals surface area (Å²) in [7, 11) is 0. The quantitative estimate of drug-likeness (QED) is 0.530. The minimum Gasteiger partial charge on any atom is -0.508 e. The predicted molar refractivity (Wildman–Crippen MR) is 149 cm³/mol. The van der Waals surface area contributed by atoms with Gasteiger partial charge in [0, 0.05) is 36.8 Å². The van der Waals surface area contributed by atoms with E-state index in [4.69, 9.17) is 31.0 Å². The lowest BCUT2D eigenvalue weighted by molar-refractivity contribution is -0.137. The Morgan fingerprint density at radius 2 is 1.95 bits per heavy atom. The summed E-state index contributed by atoms with van der Waals surface area (Å²) in [5.41, 5.74) is 0.229. The highest BCUT2D eigenvalue weighted by Gasteiger charge is 2.48. The highest BCUT2D eigenvalue weighted by molar-refractivity contribution is 6.32. The summed E-state index contributed by atoms with van der Waals surface area (Å²) in [5, 5.41) is 13.4. The number of phenols is 1. The summed E-state index contributed by atoms with van der Waals surface area (Å²) in [6.07, 6.45) is 1.31. The molecular weight excluding hydrogens is 573 g/mol. The molecule has 4 fully saturated rings. The number of aromatic nitrogens is 2. The van der Waals surface area contributed by atoms with E-state index < -0.39 is 22.9 Å². The largest absolute Gasteiger partial charge is 0.508 e. The summed E-state index contributed by atoms with van der Waals surface area (Å²) in [6, 6.07) is 2.96. The van der Waals surface area contributed by atoms with Crippen LogP contribution in [0.1, 0.15) is 61.4 Å². The van der Waals surface area contributed by atoms with E-state index in [-0.39, 0.29) is 48.2 Å². The second-order valence-corrected chi connectivity index (χ2v) is 13.1. The van der Waals surface area contributed by atoms with Crippen molar-refractivity contribution in [2.75, 3.05) is 49.2 Å². The molecule has 1 aromatic carbocycles. The SMILES string of the molecule is Oc1cc(Cl)c(C(F)(F)F)c(N2Cc3nc(OCC45CCCN4CCC5)nc4c3C(C2)OCC2C3CCC(CN42)N3)c1. The van der Waals surface area contributed by atoms with Gasteiger partial charge in [0.1, 0.15) is 24.3 Å². The number of aromatic hydroxyl groups is 1. The molecular formula is C29H34ClF3N6O3. The van der Waals surface area contributed by atoms with Crippen LogP contribution in [0, 0.1) is 0 Å². The van der Waals surface area contributed by atoms with Crippen molar-refractivity contribution in [1.29, 1.82) is 0 Å². The Bertz CT molecular complexity index is 1400. The van der Waals surface area contributed by atoms with Crippen molar-refractivity contribution in [3.63, 3.8) is 0 Å². The van der Waals surface area contributed by atoms with Gasteiger partial charge in [-0.25, -0.2) is 0 Å². The average molecular weight is 607 g/mol. The maximum absolute atomic E-state index is 14.2. The number of rotatable bonds is 4. The number of hydrogen-bond donors (Lipinski definition) is 2. The number of nitrogens with zero attached hydrogens (tertiary/aromatic N) is 5. The summed E-state index contributed by atoms with van der Waals surface area (Å²) >= 11 is 6.06. The lowest BCUT2D eigenvalue weighted by Gasteiger charge is -2.41. The number of benzene rings is 1. The number of nitrogens with one attached hydrogen (secondary N) is 1. The topological polar surface area (TPSA) is 86.2 Å². The van der Waals surface area contributed by atoms with Gasteiger partial charge in [0.2, 0.25) is 0 Å². The third-order valence-electron chi connectivity index (χ3n) is 10.3. The van der Waals surface area contributed by atoms with Crippen LogP contribution >= 0.6 is 11.6 Å². The molecule has 9 nitrogen and oxygen atoms in total. The van der Waals surface area contributed by atoms with Gasteiger partial charge in [-0.2, -0.15) is 23.1 Å². The van der Waals surface area contributed by atoms with Crippen LogP contribution in [0.3, 0.4) is 0 Å². The standard InChI is InChI=1S/C29H34ClF3N6O3/c30-18-9-17(40)10-21(25(18)29(31,32)33)37-12-20-24-23(13-37)41-14-22-19-4-3-16(34-19)11-39(22)26(24)36-27(35-20)42-15-28-5-1-7-38(28)8-2-6-28/h9-10,16,19,22-23,34,40H,1-8,11-15H2. The Balaban J connectivity index is 1.20. The van der Waals surface area contributed by atoms with Crippen LogP contribution in [-0.2, 0) is 17.5 Å². The summed E-state index contributed by atoms with van der Waals surface area (Å²) in [6.45, 7) is 4.06. The van der Waals surface area contributed by atoms with E-state index in [0.717, 1.165) is 81.7 Å². The number of ether oxygens (including phenoxy) is 2. The maximum atomic E-state index is 14.2. The fraction of sp³-hybridized carbons (Fsp3) is 0.655. The van der Waals surface area contributed by atoms with Gasteiger partial charge < -0.3 is 29.7 Å². The van der Waals surface area contributed by atoms with Crippen LogP contribution in [0.15, 0.2) is 12.1 Å². The summed E-state index contributed by atoms with van der Waals surface area (Å²) < 4.78 is 55.6. The number of halogens is 4. The van der Waals surface area contributed by atoms with Crippen LogP contribution in [0.4, 0.5) is 24.7 Å². The fourth-order valence-corrected chi connectivity index (χ4v) is 8.71. The van der Waals surface area contributed by atoms with Crippen molar-refractivity contribution in [3.8, 4) is 11.8 Å². The van der Waals surface area contributed by atoms with Gasteiger partial charge in [-0.15, -0.1) is 0 Å². The molecule has 13 heteroatoms. The molecule has 1 aromatic heterocycles. The van der Waals surface area contributed by atoms with Crippen molar-refractivity contribution >= 4 is 23.1 Å². The Hall–Kier alpha value is -2.54. The number of fused-ring (bicyclic) bond motifs is 6. The van der Waals surface area contributed by atoms with Gasteiger partial charge in [0.05, 0.1) is 46.7 Å². The van der Waals surface area contributed by atoms with Gasteiger partial charge in [0.25, 0.3) is 0 Å². The maximum Gasteiger partial charge on any atom is 0.419 e. The third-order valence-corrected chi connectivity index (χ3v) is 10.6. The predicted octanol–water partition coefficient (Wildman–Crippen LogP) is 4.26. The lowest BCUT2D eigenvalue weighted by Crippen LogP contribution is -2.59. The summed E-state index contributed by atoms with van der Waals surface area (Å²) in [5.74, 6) is 0.442. The van der Waals surface area contributed by atoms with Crippen LogP contribution < -0.4 is 19.9 Å². The Labute approximate surface area is 246 Å². The molecule has 42 heavy (non-hydrogen) atoms. The van der Waals surface area contributed by atoms with Crippen LogP contribution in [0.25, 0.3) is 0 Å². The molecule has 4 unspecified atom stereocenters. The zero-order valence-electron chi connectivity index (χ0n) is 23.2. The number of phenolic OH excluding ortho intramolecular Hbond substituents is 1. The van der Waals surface area contributed by atoms with Gasteiger partial charge >= 0.3 is 12.2 Å². The van der Waals surface area contributed by atoms with Gasteiger partial charge in [-0.05, 0) is 57.7 Å². The monoisotopic (exact) mass is 606 g/mol. The molecule has 0 spiro atoms. The fourth-order valence-electron chi connectivity index (χ4n) is 8.39. The van der Waals surface area contributed by atoms with Gasteiger partial charge in [-0.3, -0.25) is 4.90 Å². The first-order chi connectivity index (χ1) is 20.2. The van der Waals surface area contributed by atoms with Crippen LogP contribution in [0.2, 0.25) is 5.02 Å². The Kier molecular flexibility index (Phi) is 6.27. The van der Waals surface area contributed by atoms with Gasteiger partial charge in [-0.1, -0.05) is 11.6 Å². The molecule has 226 valence electrons. The van der Waals surface area contributed by atoms with Crippen molar-refractivity contribution in [2.24, 2.45) is 0 Å². The zero-order valence-corrected chi connectivity index (χ0v) is 23.9. The smallest absolute Gasteiger partial charge is 0.419 e. The van der Waals surface area contributed by atoms with E-state index in [0.29, 0.717) is 24.9 Å². The number of hydrogen-bond acceptors (Lipinski definition) is 9. The number of alkyl halides is 3. The van der Waals surface area contributed by atoms with Crippen LogP contribution in [-0.4, -0.2) is 83.0 Å². The molecule has 6 aliphatic rings. The minimum absolute atomic E-state index is 0.00166. The molecule has 0 saturated carbocycles. The molecule has 0 amide bonds. The van der Waals surface area contributed by atoms with Gasteiger partial charge in [0.15, 0.2) is 0 Å². The Morgan fingerprint density at radius 1 is 1.14 bits per heavy atom. The van der Waals surface area contributed by atoms with E-state index in [1.54, 1.807) is 4.90 Å². The van der Waals surface area contributed by atoms with E-state index in [1.807, 2.05) is 0 Å². The normalized spacial score (nSPS) is 29.7. The minimum atomic E-state index is -4.71. The third kappa shape index (κ3) is 4.31. The molecule has 4 atom stereocenters. The van der Waals surface area contributed by atoms with Crippen LogP contribution in [0.5, 0.6) is 11.8 Å². The van der Waals surface area contributed by atoms with E-state index >= 15 is 0 Å². The van der Waals surface area contributed by atoms with E-state index in [9.17, 15) is 18.3 Å². The van der Waals surface area contributed by atoms with E-state index in [1.165, 1.54) is 0 Å². The molecule has 4 saturated heterocycles. The number of piperazine rings is 1. The highest BCUT2D eigenvalue weighted by Crippen LogP contribution is 2.48. The molecule has 0 radical (unpaired) electrons. The average Bonchev–Trinajstić information content (AvgIpc) is 3.60. The molecule has 2 N–H and O–H groups in total. The molecule has 6 aliphatic heterocycles. The van der Waals surface area contributed by atoms with Crippen molar-refractivity contribution in [1.82, 2.24) is 20.2 Å². The highest BCUT2D eigenvalue weighted by atomic mass is 35.5. The first-order valence-electron chi connectivity index (χ1n) is 15.0. The first kappa shape index (κ1) is 27.0. The molecule has 7 heterocycles. The molecule has 0 aliphatic carbocycles. The van der Waals surface area contributed by atoms with E-state index in [2.05, 4.69) is 15.1 Å². The molecule has 8 rings (SSSR count). The second-order valence-electron chi connectivity index (χ2n) is 12.7. The molecule has 2 bridgehead atoms. The first-order valence-corrected chi connectivity index (χ1v) is 15.3. The van der Waals surface area contributed by atoms with Crippen molar-refractivity contribution < 1.29 is 27.8 Å². The Morgan fingerprint density at radius 3 is 2.74 bits per heavy atom. The lowest BCUT2D eigenvalue weighted by atomic mass is 9.95. The zero-order chi connectivity index (χ0) is 28.8. The number of anilines is 2. The summed E-state index contributed by atoms with van der Waals surface area (Å²) in [4.78, 5) is 16.2. The van der Waals surface area contributed by atoms with Crippen molar-refractivity contribution in [3.05, 3.63) is 34.0 Å².